The van der Waals surface area contributed by atoms with Crippen molar-refractivity contribution in [2.45, 2.75) is 76.7 Å². The molecule has 1 aliphatic carbocycles. The van der Waals surface area contributed by atoms with Crippen LogP contribution in [0.3, 0.4) is 0 Å². The van der Waals surface area contributed by atoms with E-state index in [0.717, 1.165) is 0 Å². The third kappa shape index (κ3) is 5.16. The summed E-state index contributed by atoms with van der Waals surface area (Å²) >= 11 is 0. The van der Waals surface area contributed by atoms with Gasteiger partial charge in [0, 0.05) is 18.4 Å². The quantitative estimate of drug-likeness (QED) is 0.802. The highest BCUT2D eigenvalue weighted by Gasteiger charge is 2.08. The second-order valence-electron chi connectivity index (χ2n) is 5.68. The molecule has 0 bridgehead atoms. The lowest BCUT2D eigenvalue weighted by atomic mass is 9.98. The standard InChI is InChI=1S/C16H28N2/c1-2-4-6-8-12-16(13-9-7-5-3-1)17-18-14-10-11-15-18/h10-11,14-17H,1-9,12-13H2. The van der Waals surface area contributed by atoms with E-state index in [4.69, 9.17) is 0 Å². The van der Waals surface area contributed by atoms with Crippen molar-refractivity contribution in [2.24, 2.45) is 0 Å². The van der Waals surface area contributed by atoms with Crippen LogP contribution in [0.2, 0.25) is 0 Å². The van der Waals surface area contributed by atoms with Gasteiger partial charge >= 0.3 is 0 Å². The Labute approximate surface area is 112 Å². The number of aromatic nitrogens is 1. The van der Waals surface area contributed by atoms with Gasteiger partial charge in [-0.05, 0) is 25.0 Å². The highest BCUT2D eigenvalue weighted by molar-refractivity contribution is 4.95. The maximum atomic E-state index is 3.63. The van der Waals surface area contributed by atoms with Gasteiger partial charge in [0.15, 0.2) is 0 Å². The van der Waals surface area contributed by atoms with Crippen LogP contribution in [0.1, 0.15) is 70.6 Å². The van der Waals surface area contributed by atoms with E-state index in [9.17, 15) is 0 Å². The van der Waals surface area contributed by atoms with Crippen molar-refractivity contribution in [2.75, 3.05) is 5.43 Å². The number of nitrogens with one attached hydrogen (secondary N) is 1. The Balaban J connectivity index is 1.77. The molecule has 0 aromatic carbocycles. The van der Waals surface area contributed by atoms with Crippen LogP contribution in [0.5, 0.6) is 0 Å². The number of nitrogens with zero attached hydrogens (tertiary/aromatic N) is 1. The fourth-order valence-electron chi connectivity index (χ4n) is 2.92. The third-order valence-electron chi connectivity index (χ3n) is 4.04. The highest BCUT2D eigenvalue weighted by atomic mass is 15.4. The minimum absolute atomic E-state index is 0.664. The van der Waals surface area contributed by atoms with E-state index in [1.807, 2.05) is 0 Å². The van der Waals surface area contributed by atoms with Crippen molar-refractivity contribution in [3.05, 3.63) is 24.5 Å². The largest absolute Gasteiger partial charge is 0.323 e. The molecular weight excluding hydrogens is 220 g/mol. The minimum atomic E-state index is 0.664. The topological polar surface area (TPSA) is 17.0 Å². The summed E-state index contributed by atoms with van der Waals surface area (Å²) in [7, 11) is 0. The molecule has 2 rings (SSSR count). The maximum absolute atomic E-state index is 3.63. The molecular formula is C16H28N2. The minimum Gasteiger partial charge on any atom is -0.323 e. The monoisotopic (exact) mass is 248 g/mol. The van der Waals surface area contributed by atoms with Gasteiger partial charge in [-0.3, -0.25) is 4.68 Å². The summed E-state index contributed by atoms with van der Waals surface area (Å²) in [5, 5.41) is 0. The van der Waals surface area contributed by atoms with E-state index in [1.54, 1.807) is 0 Å². The molecule has 2 heteroatoms. The van der Waals surface area contributed by atoms with Crippen molar-refractivity contribution in [1.29, 1.82) is 0 Å². The number of hydrogen-bond donors (Lipinski definition) is 1. The molecule has 0 aliphatic heterocycles. The molecule has 0 amide bonds. The van der Waals surface area contributed by atoms with Crippen molar-refractivity contribution in [1.82, 2.24) is 4.68 Å². The zero-order chi connectivity index (χ0) is 12.5. The Kier molecular flexibility index (Phi) is 6.18. The zero-order valence-electron chi connectivity index (χ0n) is 11.6. The average molecular weight is 248 g/mol. The Morgan fingerprint density at radius 2 is 1.11 bits per heavy atom. The van der Waals surface area contributed by atoms with Gasteiger partial charge in [-0.1, -0.05) is 57.8 Å². The van der Waals surface area contributed by atoms with Crippen LogP contribution in [0.25, 0.3) is 0 Å². The predicted molar refractivity (Wildman–Crippen MR) is 78.4 cm³/mol. The van der Waals surface area contributed by atoms with E-state index < -0.39 is 0 Å². The highest BCUT2D eigenvalue weighted by Crippen LogP contribution is 2.17. The SMILES string of the molecule is c1ccn(NC2CCCCCCCCCCC2)c1. The van der Waals surface area contributed by atoms with E-state index >= 15 is 0 Å². The molecule has 1 aliphatic rings. The zero-order valence-corrected chi connectivity index (χ0v) is 11.6. The molecule has 1 fully saturated rings. The third-order valence-corrected chi connectivity index (χ3v) is 4.04. The molecule has 2 nitrogen and oxygen atoms in total. The molecule has 0 saturated heterocycles. The summed E-state index contributed by atoms with van der Waals surface area (Å²) in [6.07, 6.45) is 19.7. The summed E-state index contributed by atoms with van der Waals surface area (Å²) in [5.41, 5.74) is 3.63. The molecule has 1 aromatic heterocycles. The summed E-state index contributed by atoms with van der Waals surface area (Å²) in [4.78, 5) is 0. The summed E-state index contributed by atoms with van der Waals surface area (Å²) in [5.74, 6) is 0. The second-order valence-corrected chi connectivity index (χ2v) is 5.68. The van der Waals surface area contributed by atoms with Crippen LogP contribution in [-0.2, 0) is 0 Å². The molecule has 1 heterocycles. The van der Waals surface area contributed by atoms with Gasteiger partial charge in [0.1, 0.15) is 0 Å². The number of hydrogen-bond acceptors (Lipinski definition) is 1. The average Bonchev–Trinajstić information content (AvgIpc) is 2.85. The summed E-state index contributed by atoms with van der Waals surface area (Å²) in [6.45, 7) is 0. The van der Waals surface area contributed by atoms with Crippen molar-refractivity contribution >= 4 is 0 Å². The van der Waals surface area contributed by atoms with Crippen LogP contribution in [0.4, 0.5) is 0 Å². The first-order valence-corrected chi connectivity index (χ1v) is 7.85. The van der Waals surface area contributed by atoms with Crippen LogP contribution in [-0.4, -0.2) is 10.7 Å². The van der Waals surface area contributed by atoms with E-state index in [0.29, 0.717) is 6.04 Å². The molecule has 1 aromatic rings. The van der Waals surface area contributed by atoms with E-state index in [1.165, 1.54) is 70.6 Å². The van der Waals surface area contributed by atoms with E-state index in [-0.39, 0.29) is 0 Å². The lowest BCUT2D eigenvalue weighted by Gasteiger charge is -2.21. The molecule has 0 radical (unpaired) electrons. The van der Waals surface area contributed by atoms with Crippen LogP contribution in [0.15, 0.2) is 24.5 Å². The van der Waals surface area contributed by atoms with Gasteiger partial charge in [0.05, 0.1) is 0 Å². The van der Waals surface area contributed by atoms with Crippen molar-refractivity contribution in [3.63, 3.8) is 0 Å². The fourth-order valence-corrected chi connectivity index (χ4v) is 2.92. The molecule has 102 valence electrons. The van der Waals surface area contributed by atoms with Gasteiger partial charge < -0.3 is 5.43 Å². The Morgan fingerprint density at radius 1 is 0.667 bits per heavy atom. The van der Waals surface area contributed by atoms with E-state index in [2.05, 4.69) is 34.6 Å². The van der Waals surface area contributed by atoms with Gasteiger partial charge in [-0.2, -0.15) is 0 Å². The molecule has 1 N–H and O–H groups in total. The number of rotatable bonds is 2. The van der Waals surface area contributed by atoms with Gasteiger partial charge in [-0.15, -0.1) is 0 Å². The van der Waals surface area contributed by atoms with Crippen molar-refractivity contribution < 1.29 is 0 Å². The first-order valence-electron chi connectivity index (χ1n) is 7.85. The Morgan fingerprint density at radius 3 is 1.61 bits per heavy atom. The lowest BCUT2D eigenvalue weighted by molar-refractivity contribution is 0.462. The molecule has 1 saturated carbocycles. The fraction of sp³-hybridized carbons (Fsp3) is 0.750. The molecule has 18 heavy (non-hydrogen) atoms. The van der Waals surface area contributed by atoms with Gasteiger partial charge in [0.25, 0.3) is 0 Å². The normalized spacial score (nSPS) is 20.9. The van der Waals surface area contributed by atoms with Gasteiger partial charge in [-0.25, -0.2) is 0 Å². The van der Waals surface area contributed by atoms with Crippen molar-refractivity contribution in [3.8, 4) is 0 Å². The summed E-state index contributed by atoms with van der Waals surface area (Å²) in [6, 6.07) is 4.84. The second kappa shape index (κ2) is 8.23. The van der Waals surface area contributed by atoms with Crippen LogP contribution < -0.4 is 5.43 Å². The smallest absolute Gasteiger partial charge is 0.0424 e. The Hall–Kier alpha value is -0.920. The van der Waals surface area contributed by atoms with Crippen LogP contribution in [0, 0.1) is 0 Å². The van der Waals surface area contributed by atoms with Gasteiger partial charge in [0.2, 0.25) is 0 Å². The first-order chi connectivity index (χ1) is 8.95. The molecule has 0 atom stereocenters. The predicted octanol–water partition coefficient (Wildman–Crippen LogP) is 4.70. The maximum Gasteiger partial charge on any atom is 0.0424 e. The lowest BCUT2D eigenvalue weighted by Crippen LogP contribution is -2.27. The summed E-state index contributed by atoms with van der Waals surface area (Å²) < 4.78 is 2.12. The molecule has 0 unspecified atom stereocenters. The molecule has 0 spiro atoms. The van der Waals surface area contributed by atoms with Crippen LogP contribution >= 0.6 is 0 Å². The first kappa shape index (κ1) is 13.5. The Bertz CT molecular complexity index is 280.